The minimum Gasteiger partial charge on any atom is -0.497 e. The summed E-state index contributed by atoms with van der Waals surface area (Å²) in [5.41, 5.74) is 0.649. The van der Waals surface area contributed by atoms with Crippen LogP contribution in [0.15, 0.2) is 56.2 Å². The Hall–Kier alpha value is -3.78. The molecule has 5 rings (SSSR count). The minimum atomic E-state index is -0.859. The quantitative estimate of drug-likeness (QED) is 0.449. The summed E-state index contributed by atoms with van der Waals surface area (Å²) in [5.74, 6) is 1.20. The predicted octanol–water partition coefficient (Wildman–Crippen LogP) is 4.51. The summed E-state index contributed by atoms with van der Waals surface area (Å²) in [6.45, 7) is 1.72. The molecular formula is C23H17ClN2O6. The third kappa shape index (κ3) is 2.95. The van der Waals surface area contributed by atoms with Gasteiger partial charge >= 0.3 is 0 Å². The van der Waals surface area contributed by atoms with Crippen LogP contribution in [-0.2, 0) is 0 Å². The van der Waals surface area contributed by atoms with Crippen LogP contribution in [0.2, 0.25) is 5.02 Å². The number of amides is 1. The monoisotopic (exact) mass is 452 g/mol. The van der Waals surface area contributed by atoms with Crippen molar-refractivity contribution in [2.24, 2.45) is 0 Å². The van der Waals surface area contributed by atoms with Gasteiger partial charge in [0.15, 0.2) is 11.2 Å². The Bertz CT molecular complexity index is 1440. The van der Waals surface area contributed by atoms with Gasteiger partial charge in [0.2, 0.25) is 5.76 Å². The first kappa shape index (κ1) is 20.1. The van der Waals surface area contributed by atoms with E-state index in [0.717, 1.165) is 0 Å². The number of halogens is 1. The lowest BCUT2D eigenvalue weighted by atomic mass is 9.97. The molecule has 0 radical (unpaired) electrons. The molecule has 0 saturated heterocycles. The summed E-state index contributed by atoms with van der Waals surface area (Å²) in [6, 6.07) is 10.6. The Morgan fingerprint density at radius 2 is 1.88 bits per heavy atom. The van der Waals surface area contributed by atoms with Crippen LogP contribution in [0.4, 0.5) is 5.82 Å². The first-order valence-electron chi connectivity index (χ1n) is 9.68. The van der Waals surface area contributed by atoms with Crippen LogP contribution in [0.5, 0.6) is 11.5 Å². The van der Waals surface area contributed by atoms with Crippen LogP contribution in [-0.4, -0.2) is 25.3 Å². The average molecular weight is 453 g/mol. The molecule has 1 aliphatic rings. The van der Waals surface area contributed by atoms with Crippen molar-refractivity contribution < 1.29 is 23.2 Å². The number of ether oxygens (including phenoxy) is 2. The Labute approximate surface area is 186 Å². The molecule has 0 spiro atoms. The van der Waals surface area contributed by atoms with E-state index in [1.807, 2.05) is 0 Å². The third-order valence-electron chi connectivity index (χ3n) is 5.43. The van der Waals surface area contributed by atoms with Gasteiger partial charge < -0.3 is 18.4 Å². The van der Waals surface area contributed by atoms with Crippen molar-refractivity contribution in [3.8, 4) is 11.5 Å². The largest absolute Gasteiger partial charge is 0.497 e. The number of hydrogen-bond acceptors (Lipinski definition) is 7. The molecule has 9 heteroatoms. The number of hydrogen-bond donors (Lipinski definition) is 0. The van der Waals surface area contributed by atoms with Crippen molar-refractivity contribution in [1.29, 1.82) is 0 Å². The number of aryl methyl sites for hydroxylation is 1. The molecule has 1 atom stereocenters. The Morgan fingerprint density at radius 3 is 2.56 bits per heavy atom. The molecule has 8 nitrogen and oxygen atoms in total. The molecule has 0 saturated carbocycles. The van der Waals surface area contributed by atoms with Crippen LogP contribution in [0.25, 0.3) is 11.0 Å². The third-order valence-corrected chi connectivity index (χ3v) is 5.66. The molecule has 1 amide bonds. The van der Waals surface area contributed by atoms with Crippen molar-refractivity contribution in [2.75, 3.05) is 19.1 Å². The fourth-order valence-corrected chi connectivity index (χ4v) is 4.16. The zero-order valence-electron chi connectivity index (χ0n) is 17.3. The molecule has 0 aliphatic carbocycles. The van der Waals surface area contributed by atoms with E-state index in [1.165, 1.54) is 25.2 Å². The molecule has 0 fully saturated rings. The first-order valence-corrected chi connectivity index (χ1v) is 10.1. The number of carbonyl (C=O) groups is 1. The fraction of sp³-hybridized carbons (Fsp3) is 0.174. The smallest absolute Gasteiger partial charge is 0.296 e. The van der Waals surface area contributed by atoms with Crippen molar-refractivity contribution in [2.45, 2.75) is 13.0 Å². The maximum absolute atomic E-state index is 13.6. The molecule has 0 N–H and O–H groups in total. The molecule has 3 heterocycles. The highest BCUT2D eigenvalue weighted by Gasteiger charge is 2.46. The number of benzene rings is 2. The molecule has 1 aliphatic heterocycles. The summed E-state index contributed by atoms with van der Waals surface area (Å²) >= 11 is 6.12. The van der Waals surface area contributed by atoms with Gasteiger partial charge in [0.05, 0.1) is 25.2 Å². The van der Waals surface area contributed by atoms with Crippen molar-refractivity contribution in [3.63, 3.8) is 0 Å². The second-order valence-electron chi connectivity index (χ2n) is 7.30. The Morgan fingerprint density at radius 1 is 1.06 bits per heavy atom. The van der Waals surface area contributed by atoms with Crippen LogP contribution in [0.3, 0.4) is 0 Å². The number of carbonyl (C=O) groups excluding carboxylic acids is 1. The molecule has 0 bridgehead atoms. The molecule has 162 valence electrons. The maximum atomic E-state index is 13.6. The summed E-state index contributed by atoms with van der Waals surface area (Å²) in [7, 11) is 3.04. The summed E-state index contributed by atoms with van der Waals surface area (Å²) in [6.07, 6.45) is 0. The SMILES string of the molecule is COc1ccc(C2c3c(oc4ccc(Cl)cc4c3=O)C(=O)N2c2cc(C)on2)c(OC)c1. The molecule has 2 aromatic heterocycles. The fourth-order valence-electron chi connectivity index (χ4n) is 3.99. The van der Waals surface area contributed by atoms with Gasteiger partial charge in [-0.05, 0) is 37.3 Å². The molecule has 4 aromatic rings. The highest BCUT2D eigenvalue weighted by atomic mass is 35.5. The van der Waals surface area contributed by atoms with Crippen molar-refractivity contribution in [1.82, 2.24) is 5.16 Å². The maximum Gasteiger partial charge on any atom is 0.296 e. The summed E-state index contributed by atoms with van der Waals surface area (Å²) in [5, 5.41) is 4.67. The van der Waals surface area contributed by atoms with Crippen molar-refractivity contribution >= 4 is 34.3 Å². The second-order valence-corrected chi connectivity index (χ2v) is 7.73. The highest BCUT2D eigenvalue weighted by molar-refractivity contribution is 6.31. The number of fused-ring (bicyclic) bond motifs is 2. The van der Waals surface area contributed by atoms with Crippen LogP contribution in [0.1, 0.15) is 33.5 Å². The lowest BCUT2D eigenvalue weighted by Gasteiger charge is -2.24. The van der Waals surface area contributed by atoms with Gasteiger partial charge in [0.1, 0.15) is 28.9 Å². The van der Waals surface area contributed by atoms with Crippen LogP contribution >= 0.6 is 11.6 Å². The van der Waals surface area contributed by atoms with Gasteiger partial charge in [-0.3, -0.25) is 14.5 Å². The molecule has 1 unspecified atom stereocenters. The van der Waals surface area contributed by atoms with Crippen molar-refractivity contribution in [3.05, 3.63) is 80.4 Å². The Balaban J connectivity index is 1.84. The van der Waals surface area contributed by atoms with E-state index in [1.54, 1.807) is 43.3 Å². The first-order chi connectivity index (χ1) is 15.4. The van der Waals surface area contributed by atoms with E-state index in [4.69, 9.17) is 30.0 Å². The predicted molar refractivity (Wildman–Crippen MR) is 117 cm³/mol. The zero-order valence-corrected chi connectivity index (χ0v) is 18.1. The van der Waals surface area contributed by atoms with Gasteiger partial charge in [0, 0.05) is 22.7 Å². The number of methoxy groups -OCH3 is 2. The van der Waals surface area contributed by atoms with E-state index in [0.29, 0.717) is 27.8 Å². The molecule has 32 heavy (non-hydrogen) atoms. The van der Waals surface area contributed by atoms with Gasteiger partial charge in [-0.15, -0.1) is 0 Å². The zero-order chi connectivity index (χ0) is 22.6. The lowest BCUT2D eigenvalue weighted by Crippen LogP contribution is -2.30. The van der Waals surface area contributed by atoms with Gasteiger partial charge in [-0.2, -0.15) is 0 Å². The second kappa shape index (κ2) is 7.42. The van der Waals surface area contributed by atoms with Gasteiger partial charge in [-0.1, -0.05) is 16.8 Å². The van der Waals surface area contributed by atoms with E-state index in [-0.39, 0.29) is 33.5 Å². The molecular weight excluding hydrogens is 436 g/mol. The average Bonchev–Trinajstić information content (AvgIpc) is 3.34. The number of nitrogens with zero attached hydrogens (tertiary/aromatic N) is 2. The van der Waals surface area contributed by atoms with Gasteiger partial charge in [0.25, 0.3) is 5.91 Å². The van der Waals surface area contributed by atoms with Crippen LogP contribution in [0, 0.1) is 6.92 Å². The normalized spacial score (nSPS) is 15.3. The van der Waals surface area contributed by atoms with E-state index in [9.17, 15) is 9.59 Å². The topological polar surface area (TPSA) is 95.0 Å². The highest BCUT2D eigenvalue weighted by Crippen LogP contribution is 2.44. The number of anilines is 1. The Kier molecular flexibility index (Phi) is 4.67. The standard InChI is InChI=1S/C23H17ClN2O6/c1-11-8-18(25-32-11)26-20(14-6-5-13(29-2)10-17(14)30-3)19-21(27)15-9-12(24)4-7-16(15)31-22(19)23(26)28/h4-10,20H,1-3H3. The summed E-state index contributed by atoms with van der Waals surface area (Å²) in [4.78, 5) is 28.5. The van der Waals surface area contributed by atoms with E-state index < -0.39 is 11.9 Å². The van der Waals surface area contributed by atoms with E-state index in [2.05, 4.69) is 5.16 Å². The molecule has 2 aromatic carbocycles. The lowest BCUT2D eigenvalue weighted by molar-refractivity contribution is 0.0969. The van der Waals surface area contributed by atoms with Gasteiger partial charge in [-0.25, -0.2) is 0 Å². The minimum absolute atomic E-state index is 0.0617. The van der Waals surface area contributed by atoms with E-state index >= 15 is 0 Å². The number of rotatable bonds is 4. The summed E-state index contributed by atoms with van der Waals surface area (Å²) < 4.78 is 22.0. The number of aromatic nitrogens is 1. The van der Waals surface area contributed by atoms with Crippen LogP contribution < -0.4 is 19.8 Å².